The zero-order valence-corrected chi connectivity index (χ0v) is 12.4. The Morgan fingerprint density at radius 3 is 2.47 bits per heavy atom. The van der Waals surface area contributed by atoms with Crippen molar-refractivity contribution in [1.29, 1.82) is 0 Å². The van der Waals surface area contributed by atoms with E-state index in [4.69, 9.17) is 5.73 Å². The molecule has 1 saturated heterocycles. The Hall–Kier alpha value is 0.270. The van der Waals surface area contributed by atoms with Gasteiger partial charge in [0.2, 0.25) is 0 Å². The van der Waals surface area contributed by atoms with Crippen molar-refractivity contribution in [2.24, 2.45) is 11.7 Å². The molecule has 3 heteroatoms. The maximum Gasteiger partial charge on any atom is 0.0335 e. The van der Waals surface area contributed by atoms with Crippen LogP contribution in [0.4, 0.5) is 0 Å². The van der Waals surface area contributed by atoms with Crippen LogP contribution in [0, 0.1) is 5.92 Å². The van der Waals surface area contributed by atoms with Gasteiger partial charge in [-0.15, -0.1) is 0 Å². The minimum Gasteiger partial charge on any atom is -0.329 e. The van der Waals surface area contributed by atoms with E-state index in [0.717, 1.165) is 17.7 Å². The van der Waals surface area contributed by atoms with Gasteiger partial charge in [-0.2, -0.15) is 11.8 Å². The van der Waals surface area contributed by atoms with Crippen LogP contribution in [-0.4, -0.2) is 40.6 Å². The Kier molecular flexibility index (Phi) is 4.43. The van der Waals surface area contributed by atoms with E-state index in [-0.39, 0.29) is 0 Å². The summed E-state index contributed by atoms with van der Waals surface area (Å²) in [4.78, 5) is 2.75. The molecule has 2 aliphatic rings. The van der Waals surface area contributed by atoms with Gasteiger partial charge < -0.3 is 5.73 Å². The molecule has 1 aliphatic carbocycles. The highest BCUT2D eigenvalue weighted by molar-refractivity contribution is 8.00. The number of nitrogens with zero attached hydrogens (tertiary/aromatic N) is 1. The third-order valence-electron chi connectivity index (χ3n) is 5.08. The molecule has 17 heavy (non-hydrogen) atoms. The summed E-state index contributed by atoms with van der Waals surface area (Å²) in [6.07, 6.45) is 5.35. The summed E-state index contributed by atoms with van der Waals surface area (Å²) in [5.74, 6) is 2.18. The second-order valence-electron chi connectivity index (χ2n) is 6.12. The number of thioether (sulfide) groups is 1. The summed E-state index contributed by atoms with van der Waals surface area (Å²) in [6.45, 7) is 9.24. The fourth-order valence-corrected chi connectivity index (χ4v) is 4.61. The van der Waals surface area contributed by atoms with Crippen LogP contribution < -0.4 is 5.73 Å². The van der Waals surface area contributed by atoms with Crippen LogP contribution in [0.3, 0.4) is 0 Å². The second kappa shape index (κ2) is 5.50. The van der Waals surface area contributed by atoms with Crippen molar-refractivity contribution in [3.8, 4) is 0 Å². The van der Waals surface area contributed by atoms with Crippen molar-refractivity contribution in [1.82, 2.24) is 4.90 Å². The van der Waals surface area contributed by atoms with Crippen LogP contribution in [-0.2, 0) is 0 Å². The smallest absolute Gasteiger partial charge is 0.0335 e. The molecule has 0 amide bonds. The molecule has 2 rings (SSSR count). The van der Waals surface area contributed by atoms with Gasteiger partial charge in [-0.25, -0.2) is 0 Å². The number of rotatable bonds is 2. The summed E-state index contributed by atoms with van der Waals surface area (Å²) in [7, 11) is 0. The van der Waals surface area contributed by atoms with E-state index in [0.29, 0.717) is 11.6 Å². The fourth-order valence-electron chi connectivity index (χ4n) is 3.51. The normalized spacial score (nSPS) is 44.8. The van der Waals surface area contributed by atoms with Gasteiger partial charge in [0.1, 0.15) is 0 Å². The van der Waals surface area contributed by atoms with Gasteiger partial charge in [-0.05, 0) is 38.5 Å². The lowest BCUT2D eigenvalue weighted by atomic mass is 9.75. The van der Waals surface area contributed by atoms with Gasteiger partial charge in [0.15, 0.2) is 0 Å². The maximum atomic E-state index is 6.17. The van der Waals surface area contributed by atoms with Crippen molar-refractivity contribution < 1.29 is 0 Å². The largest absolute Gasteiger partial charge is 0.329 e. The van der Waals surface area contributed by atoms with Gasteiger partial charge >= 0.3 is 0 Å². The van der Waals surface area contributed by atoms with Gasteiger partial charge in [0.05, 0.1) is 0 Å². The van der Waals surface area contributed by atoms with E-state index in [1.165, 1.54) is 38.0 Å². The number of nitrogens with two attached hydrogens (primary N) is 1. The van der Waals surface area contributed by atoms with Crippen LogP contribution >= 0.6 is 11.8 Å². The topological polar surface area (TPSA) is 29.3 Å². The highest BCUT2D eigenvalue weighted by atomic mass is 32.2. The first-order chi connectivity index (χ1) is 8.09. The summed E-state index contributed by atoms with van der Waals surface area (Å²) in [6, 6.07) is 0.686. The summed E-state index contributed by atoms with van der Waals surface area (Å²) >= 11 is 2.12. The Morgan fingerprint density at radius 2 is 1.88 bits per heavy atom. The lowest BCUT2D eigenvalue weighted by Gasteiger charge is -2.53. The molecule has 0 aromatic carbocycles. The first-order valence-corrected chi connectivity index (χ1v) is 8.22. The minimum atomic E-state index is 0.321. The van der Waals surface area contributed by atoms with Crippen molar-refractivity contribution >= 4 is 11.8 Å². The molecule has 2 N–H and O–H groups in total. The molecule has 1 saturated carbocycles. The molecule has 0 aromatic heterocycles. The number of hydrogen-bond acceptors (Lipinski definition) is 3. The molecule has 0 radical (unpaired) electrons. The van der Waals surface area contributed by atoms with E-state index in [1.807, 2.05) is 0 Å². The molecule has 0 aromatic rings. The molecular formula is C14H28N2S. The second-order valence-corrected chi connectivity index (χ2v) is 7.61. The molecule has 2 atom stereocenters. The Morgan fingerprint density at radius 1 is 1.24 bits per heavy atom. The van der Waals surface area contributed by atoms with E-state index < -0.39 is 0 Å². The van der Waals surface area contributed by atoms with Crippen LogP contribution in [0.1, 0.15) is 46.5 Å². The molecule has 1 aliphatic heterocycles. The predicted octanol–water partition coefficient (Wildman–Crippen LogP) is 2.72. The predicted molar refractivity (Wildman–Crippen MR) is 77.5 cm³/mol. The SMILES string of the molecule is CC1CCC(CN)(N2CCSC(C)C2C)CC1. The first-order valence-electron chi connectivity index (χ1n) is 7.17. The van der Waals surface area contributed by atoms with Crippen molar-refractivity contribution in [2.45, 2.75) is 63.3 Å². The van der Waals surface area contributed by atoms with Crippen molar-refractivity contribution in [2.75, 3.05) is 18.8 Å². The van der Waals surface area contributed by atoms with Crippen molar-refractivity contribution in [3.63, 3.8) is 0 Å². The van der Waals surface area contributed by atoms with E-state index >= 15 is 0 Å². The standard InChI is InChI=1S/C14H28N2S/c1-11-4-6-14(10-15,7-5-11)16-8-9-17-13(3)12(16)2/h11-13H,4-10,15H2,1-3H3. The van der Waals surface area contributed by atoms with Gasteiger partial charge in [0.25, 0.3) is 0 Å². The Balaban J connectivity index is 2.11. The average Bonchev–Trinajstić information content (AvgIpc) is 2.35. The van der Waals surface area contributed by atoms with E-state index in [1.54, 1.807) is 0 Å². The lowest BCUT2D eigenvalue weighted by molar-refractivity contribution is 0.0170. The molecule has 0 bridgehead atoms. The van der Waals surface area contributed by atoms with Crippen LogP contribution in [0.5, 0.6) is 0 Å². The maximum absolute atomic E-state index is 6.17. The Labute approximate surface area is 111 Å². The molecule has 2 nitrogen and oxygen atoms in total. The van der Waals surface area contributed by atoms with Crippen LogP contribution in [0.2, 0.25) is 0 Å². The number of hydrogen-bond donors (Lipinski definition) is 1. The minimum absolute atomic E-state index is 0.321. The highest BCUT2D eigenvalue weighted by Gasteiger charge is 2.42. The molecular weight excluding hydrogens is 228 g/mol. The first kappa shape index (κ1) is 13.7. The highest BCUT2D eigenvalue weighted by Crippen LogP contribution is 2.40. The zero-order chi connectivity index (χ0) is 12.5. The van der Waals surface area contributed by atoms with Gasteiger partial charge in [-0.1, -0.05) is 13.8 Å². The third kappa shape index (κ3) is 2.66. The van der Waals surface area contributed by atoms with Crippen molar-refractivity contribution in [3.05, 3.63) is 0 Å². The average molecular weight is 256 g/mol. The summed E-state index contributed by atoms with van der Waals surface area (Å²) in [5, 5.41) is 0.756. The monoisotopic (exact) mass is 256 g/mol. The van der Waals surface area contributed by atoms with Gasteiger partial charge in [-0.3, -0.25) is 4.90 Å². The molecule has 1 heterocycles. The lowest BCUT2D eigenvalue weighted by Crippen LogP contribution is -2.62. The summed E-state index contributed by atoms with van der Waals surface area (Å²) < 4.78 is 0. The molecule has 100 valence electrons. The zero-order valence-electron chi connectivity index (χ0n) is 11.6. The quantitative estimate of drug-likeness (QED) is 0.824. The Bertz CT molecular complexity index is 249. The van der Waals surface area contributed by atoms with Crippen LogP contribution in [0.15, 0.2) is 0 Å². The molecule has 2 fully saturated rings. The van der Waals surface area contributed by atoms with Crippen LogP contribution in [0.25, 0.3) is 0 Å². The molecule has 0 spiro atoms. The van der Waals surface area contributed by atoms with E-state index in [9.17, 15) is 0 Å². The third-order valence-corrected chi connectivity index (χ3v) is 6.42. The fraction of sp³-hybridized carbons (Fsp3) is 1.00. The van der Waals surface area contributed by atoms with Gasteiger partial charge in [0, 0.05) is 35.7 Å². The summed E-state index contributed by atoms with van der Waals surface area (Å²) in [5.41, 5.74) is 6.49. The molecule has 2 unspecified atom stereocenters. The van der Waals surface area contributed by atoms with E-state index in [2.05, 4.69) is 37.4 Å².